The number of aromatic nitrogens is 6. The Balaban J connectivity index is 1.34. The van der Waals surface area contributed by atoms with Crippen LogP contribution in [0.5, 0.6) is 0 Å². The van der Waals surface area contributed by atoms with Gasteiger partial charge in [-0.25, -0.2) is 15.0 Å². The lowest BCUT2D eigenvalue weighted by Crippen LogP contribution is -2.33. The van der Waals surface area contributed by atoms with Crippen molar-refractivity contribution in [1.29, 1.82) is 0 Å². The summed E-state index contributed by atoms with van der Waals surface area (Å²) in [6.07, 6.45) is 0.0333. The molecule has 1 aliphatic carbocycles. The molecule has 0 amide bonds. The first-order chi connectivity index (χ1) is 16.2. The Morgan fingerprint density at radius 2 is 1.88 bits per heavy atom. The van der Waals surface area contributed by atoms with Crippen LogP contribution in [-0.2, 0) is 4.74 Å². The van der Waals surface area contributed by atoms with E-state index >= 15 is 0 Å². The minimum atomic E-state index is -4.59. The lowest BCUT2D eigenvalue weighted by Gasteiger charge is -2.29. The highest BCUT2D eigenvalue weighted by Crippen LogP contribution is 2.31. The molecule has 4 aromatic heterocycles. The second-order valence-electron chi connectivity index (χ2n) is 9.00. The van der Waals surface area contributed by atoms with Gasteiger partial charge in [-0.15, -0.1) is 13.2 Å². The number of halogens is 3. The van der Waals surface area contributed by atoms with Crippen molar-refractivity contribution in [2.45, 2.75) is 71.0 Å². The number of fused-ring (bicyclic) bond motifs is 2. The van der Waals surface area contributed by atoms with Gasteiger partial charge in [0.2, 0.25) is 5.95 Å². The topological polar surface area (TPSA) is 93.5 Å². The molecule has 180 valence electrons. The lowest BCUT2D eigenvalue weighted by atomic mass is 9.93. The number of alkyl halides is 3. The number of aryl methyl sites for hydroxylation is 1. The number of aromatic amines is 1. The summed E-state index contributed by atoms with van der Waals surface area (Å²) in [5.74, 6) is 1.37. The summed E-state index contributed by atoms with van der Waals surface area (Å²) >= 11 is 0. The van der Waals surface area contributed by atoms with Crippen LogP contribution in [0.2, 0.25) is 0 Å². The minimum absolute atomic E-state index is 0.00333. The fraction of sp³-hybridized carbons (Fsp3) is 0.478. The van der Waals surface area contributed by atoms with Gasteiger partial charge in [0.05, 0.1) is 11.8 Å². The number of hydrogen-bond acceptors (Lipinski definition) is 6. The Bertz CT molecular complexity index is 1320. The van der Waals surface area contributed by atoms with Crippen molar-refractivity contribution in [3.8, 4) is 11.3 Å². The second-order valence-corrected chi connectivity index (χ2v) is 9.00. The monoisotopic (exact) mass is 473 g/mol. The van der Waals surface area contributed by atoms with Gasteiger partial charge in [-0.05, 0) is 58.6 Å². The standard InChI is InChI=1S/C23H26F3N7O/c1-12(2)33-13(3)29-19-9-8-18(31-21(19)33)16-10-27-20-17(16)11-28-22(32-20)30-14-4-6-15(7-5-14)34-23(24,25)26/h8-12,14-15H,4-7H2,1-3H3,(H2,27,28,30,32)/t14-,15+. The third-order valence-corrected chi connectivity index (χ3v) is 6.25. The summed E-state index contributed by atoms with van der Waals surface area (Å²) in [5.41, 5.74) is 4.05. The summed E-state index contributed by atoms with van der Waals surface area (Å²) in [6, 6.07) is 4.15. The lowest BCUT2D eigenvalue weighted by molar-refractivity contribution is -0.345. The Morgan fingerprint density at radius 1 is 1.12 bits per heavy atom. The second kappa shape index (κ2) is 8.53. The highest BCUT2D eigenvalue weighted by Gasteiger charge is 2.35. The van der Waals surface area contributed by atoms with E-state index in [1.807, 2.05) is 25.3 Å². The number of hydrogen-bond donors (Lipinski definition) is 2. The molecular formula is C23H26F3N7O. The van der Waals surface area contributed by atoms with Gasteiger partial charge in [-0.1, -0.05) is 0 Å². The molecule has 2 N–H and O–H groups in total. The number of rotatable bonds is 5. The molecule has 0 aliphatic heterocycles. The largest absolute Gasteiger partial charge is 0.522 e. The van der Waals surface area contributed by atoms with Crippen molar-refractivity contribution in [3.05, 3.63) is 30.4 Å². The molecule has 1 saturated carbocycles. The first-order valence-electron chi connectivity index (χ1n) is 11.4. The van der Waals surface area contributed by atoms with Gasteiger partial charge < -0.3 is 14.9 Å². The van der Waals surface area contributed by atoms with E-state index in [4.69, 9.17) is 4.98 Å². The molecule has 11 heteroatoms. The molecule has 0 unspecified atom stereocenters. The molecule has 1 aliphatic rings. The van der Waals surface area contributed by atoms with Gasteiger partial charge in [-0.3, -0.25) is 4.74 Å². The van der Waals surface area contributed by atoms with E-state index in [0.717, 1.165) is 33.6 Å². The maximum atomic E-state index is 12.4. The fourth-order valence-corrected chi connectivity index (χ4v) is 4.74. The van der Waals surface area contributed by atoms with Gasteiger partial charge >= 0.3 is 6.36 Å². The van der Waals surface area contributed by atoms with Gasteiger partial charge in [0.25, 0.3) is 0 Å². The maximum Gasteiger partial charge on any atom is 0.522 e. The number of ether oxygens (including phenoxy) is 1. The quantitative estimate of drug-likeness (QED) is 0.397. The van der Waals surface area contributed by atoms with Gasteiger partial charge in [0.15, 0.2) is 5.65 Å². The highest BCUT2D eigenvalue weighted by atomic mass is 19.4. The van der Waals surface area contributed by atoms with Gasteiger partial charge in [0.1, 0.15) is 17.0 Å². The zero-order valence-corrected chi connectivity index (χ0v) is 19.1. The van der Waals surface area contributed by atoms with Crippen LogP contribution in [-0.4, -0.2) is 48.0 Å². The predicted octanol–water partition coefficient (Wildman–Crippen LogP) is 5.52. The third-order valence-electron chi connectivity index (χ3n) is 6.25. The van der Waals surface area contributed by atoms with Crippen LogP contribution in [0, 0.1) is 6.92 Å². The van der Waals surface area contributed by atoms with Crippen molar-refractivity contribution in [2.24, 2.45) is 0 Å². The minimum Gasteiger partial charge on any atom is -0.351 e. The molecule has 4 aromatic rings. The molecule has 0 bridgehead atoms. The van der Waals surface area contributed by atoms with Crippen LogP contribution in [0.3, 0.4) is 0 Å². The maximum absolute atomic E-state index is 12.4. The molecule has 0 aromatic carbocycles. The van der Waals surface area contributed by atoms with Gasteiger partial charge in [-0.2, -0.15) is 4.98 Å². The van der Waals surface area contributed by atoms with E-state index in [-0.39, 0.29) is 12.1 Å². The van der Waals surface area contributed by atoms with Crippen molar-refractivity contribution < 1.29 is 17.9 Å². The molecule has 34 heavy (non-hydrogen) atoms. The SMILES string of the molecule is Cc1nc2ccc(-c3c[nH]c4nc(N[C@H]5CC[C@@H](OC(F)(F)F)CC5)ncc34)nc2n1C(C)C. The summed E-state index contributed by atoms with van der Waals surface area (Å²) in [4.78, 5) is 21.7. The molecule has 0 spiro atoms. The van der Waals surface area contributed by atoms with Crippen LogP contribution in [0.1, 0.15) is 51.4 Å². The Hall–Kier alpha value is -3.21. The van der Waals surface area contributed by atoms with E-state index in [1.54, 1.807) is 6.20 Å². The van der Waals surface area contributed by atoms with Crippen molar-refractivity contribution >= 4 is 28.1 Å². The normalized spacial score (nSPS) is 19.4. The van der Waals surface area contributed by atoms with Crippen LogP contribution in [0.4, 0.5) is 19.1 Å². The number of nitrogens with zero attached hydrogens (tertiary/aromatic N) is 5. The third kappa shape index (κ3) is 4.44. The first-order valence-corrected chi connectivity index (χ1v) is 11.4. The molecule has 0 radical (unpaired) electrons. The molecule has 1 fully saturated rings. The number of anilines is 1. The number of nitrogens with one attached hydrogen (secondary N) is 2. The highest BCUT2D eigenvalue weighted by molar-refractivity contribution is 5.93. The van der Waals surface area contributed by atoms with Crippen molar-refractivity contribution in [1.82, 2.24) is 29.5 Å². The molecule has 4 heterocycles. The summed E-state index contributed by atoms with van der Waals surface area (Å²) in [7, 11) is 0. The molecule has 5 rings (SSSR count). The van der Waals surface area contributed by atoms with Gasteiger partial charge in [0, 0.05) is 35.4 Å². The molecule has 0 saturated heterocycles. The molecule has 0 atom stereocenters. The Morgan fingerprint density at radius 3 is 2.59 bits per heavy atom. The zero-order chi connectivity index (χ0) is 24.0. The summed E-state index contributed by atoms with van der Waals surface area (Å²) < 4.78 is 43.5. The van der Waals surface area contributed by atoms with Crippen LogP contribution in [0.25, 0.3) is 33.5 Å². The van der Waals surface area contributed by atoms with E-state index in [9.17, 15) is 13.2 Å². The predicted molar refractivity (Wildman–Crippen MR) is 122 cm³/mol. The average molecular weight is 474 g/mol. The van der Waals surface area contributed by atoms with Crippen molar-refractivity contribution in [2.75, 3.05) is 5.32 Å². The number of pyridine rings is 1. The molecular weight excluding hydrogens is 447 g/mol. The Kier molecular flexibility index (Phi) is 5.67. The van der Waals surface area contributed by atoms with E-state index in [2.05, 4.69) is 48.4 Å². The van der Waals surface area contributed by atoms with Crippen molar-refractivity contribution in [3.63, 3.8) is 0 Å². The summed E-state index contributed by atoms with van der Waals surface area (Å²) in [6.45, 7) is 6.18. The van der Waals surface area contributed by atoms with E-state index in [1.165, 1.54) is 0 Å². The van der Waals surface area contributed by atoms with Crippen LogP contribution >= 0.6 is 0 Å². The van der Waals surface area contributed by atoms with Crippen LogP contribution < -0.4 is 5.32 Å². The van der Waals surface area contributed by atoms with E-state index in [0.29, 0.717) is 37.3 Å². The van der Waals surface area contributed by atoms with Crippen LogP contribution in [0.15, 0.2) is 24.5 Å². The zero-order valence-electron chi connectivity index (χ0n) is 19.1. The Labute approximate surface area is 194 Å². The van der Waals surface area contributed by atoms with E-state index < -0.39 is 12.5 Å². The number of H-pyrrole nitrogens is 1. The summed E-state index contributed by atoms with van der Waals surface area (Å²) in [5, 5.41) is 4.09. The average Bonchev–Trinajstić information content (AvgIpc) is 3.33. The number of imidazole rings is 1. The fourth-order valence-electron chi connectivity index (χ4n) is 4.74. The first kappa shape index (κ1) is 22.6. The smallest absolute Gasteiger partial charge is 0.351 e. The molecule has 8 nitrogen and oxygen atoms in total.